The molecular formula is C14H15N5O3. The highest BCUT2D eigenvalue weighted by atomic mass is 16.6. The van der Waals surface area contributed by atoms with Crippen LogP contribution in [0, 0.1) is 6.92 Å². The Morgan fingerprint density at radius 1 is 1.18 bits per heavy atom. The number of aryl methyl sites for hydroxylation is 1. The lowest BCUT2D eigenvalue weighted by atomic mass is 10.2. The van der Waals surface area contributed by atoms with E-state index in [0.29, 0.717) is 22.7 Å². The van der Waals surface area contributed by atoms with Crippen LogP contribution in [-0.4, -0.2) is 49.7 Å². The number of aromatic nitrogens is 4. The van der Waals surface area contributed by atoms with E-state index in [1.54, 1.807) is 18.2 Å². The first-order chi connectivity index (χ1) is 10.7. The van der Waals surface area contributed by atoms with Crippen LogP contribution in [0.4, 0.5) is 5.82 Å². The van der Waals surface area contributed by atoms with Gasteiger partial charge in [-0.15, -0.1) is 0 Å². The summed E-state index contributed by atoms with van der Waals surface area (Å²) in [6.07, 6.45) is -0.837. The first kappa shape index (κ1) is 14.4. The minimum Gasteiger partial charge on any atom is -0.394 e. The van der Waals surface area contributed by atoms with E-state index in [4.69, 9.17) is 5.11 Å². The Bertz CT molecular complexity index is 789. The predicted octanol–water partition coefficient (Wildman–Crippen LogP) is 0.753. The van der Waals surface area contributed by atoms with Crippen LogP contribution in [0.25, 0.3) is 22.4 Å². The van der Waals surface area contributed by atoms with Crippen LogP contribution < -0.4 is 5.32 Å². The number of fused-ring (bicyclic) bond motifs is 1. The largest absolute Gasteiger partial charge is 0.394 e. The average Bonchev–Trinajstić information content (AvgIpc) is 2.99. The molecule has 1 unspecified atom stereocenters. The summed E-state index contributed by atoms with van der Waals surface area (Å²) >= 11 is 0. The highest BCUT2D eigenvalue weighted by molar-refractivity contribution is 5.79. The molecule has 22 heavy (non-hydrogen) atoms. The van der Waals surface area contributed by atoms with E-state index in [-0.39, 0.29) is 13.2 Å². The molecule has 0 spiro atoms. The van der Waals surface area contributed by atoms with Gasteiger partial charge >= 0.3 is 0 Å². The van der Waals surface area contributed by atoms with Crippen LogP contribution in [-0.2, 0) is 0 Å². The van der Waals surface area contributed by atoms with E-state index < -0.39 is 6.10 Å². The molecule has 2 heterocycles. The summed E-state index contributed by atoms with van der Waals surface area (Å²) in [6, 6.07) is 7.19. The topological polar surface area (TPSA) is 117 Å². The van der Waals surface area contributed by atoms with Crippen molar-refractivity contribution in [3.63, 3.8) is 0 Å². The number of rotatable bonds is 5. The molecule has 8 nitrogen and oxygen atoms in total. The first-order valence-corrected chi connectivity index (χ1v) is 6.77. The monoisotopic (exact) mass is 301 g/mol. The minimum atomic E-state index is -0.837. The standard InChI is InChI=1S/C14H15N5O3/c1-8-4-13(15-6-10(21)7-20)17-14(16-8)9-2-3-11-12(5-9)19-22-18-11/h2-5,10,20-21H,6-7H2,1H3,(H,15,16,17). The second-order valence-corrected chi connectivity index (χ2v) is 4.90. The van der Waals surface area contributed by atoms with Gasteiger partial charge in [0.2, 0.25) is 0 Å². The second kappa shape index (κ2) is 6.04. The van der Waals surface area contributed by atoms with E-state index in [9.17, 15) is 5.11 Å². The van der Waals surface area contributed by atoms with Gasteiger partial charge in [0.1, 0.15) is 16.9 Å². The molecule has 0 saturated carbocycles. The van der Waals surface area contributed by atoms with Crippen molar-refractivity contribution in [1.29, 1.82) is 0 Å². The number of anilines is 1. The second-order valence-electron chi connectivity index (χ2n) is 4.90. The maximum atomic E-state index is 9.39. The fourth-order valence-corrected chi connectivity index (χ4v) is 2.00. The van der Waals surface area contributed by atoms with Crippen LogP contribution in [0.15, 0.2) is 28.9 Å². The molecule has 3 aromatic rings. The molecule has 0 radical (unpaired) electrons. The Labute approximate surface area is 125 Å². The zero-order chi connectivity index (χ0) is 15.5. The lowest BCUT2D eigenvalue weighted by Gasteiger charge is -2.11. The van der Waals surface area contributed by atoms with Crippen LogP contribution in [0.2, 0.25) is 0 Å². The van der Waals surface area contributed by atoms with Gasteiger partial charge in [0.25, 0.3) is 0 Å². The molecule has 2 aromatic heterocycles. The van der Waals surface area contributed by atoms with Gasteiger partial charge in [0, 0.05) is 23.9 Å². The molecule has 0 aliphatic rings. The first-order valence-electron chi connectivity index (χ1n) is 6.77. The number of aliphatic hydroxyl groups is 2. The Kier molecular flexibility index (Phi) is 3.94. The number of hydrogen-bond donors (Lipinski definition) is 3. The van der Waals surface area contributed by atoms with Gasteiger partial charge in [0.15, 0.2) is 5.82 Å². The summed E-state index contributed by atoms with van der Waals surface area (Å²) in [7, 11) is 0. The van der Waals surface area contributed by atoms with E-state index in [1.165, 1.54) is 0 Å². The van der Waals surface area contributed by atoms with Crippen molar-refractivity contribution >= 4 is 16.9 Å². The van der Waals surface area contributed by atoms with Gasteiger partial charge in [-0.25, -0.2) is 14.6 Å². The lowest BCUT2D eigenvalue weighted by molar-refractivity contribution is 0.105. The molecule has 8 heteroatoms. The van der Waals surface area contributed by atoms with Crippen LogP contribution in [0.5, 0.6) is 0 Å². The molecule has 0 aliphatic carbocycles. The molecule has 1 atom stereocenters. The number of benzene rings is 1. The van der Waals surface area contributed by atoms with Gasteiger partial charge < -0.3 is 15.5 Å². The molecule has 0 bridgehead atoms. The van der Waals surface area contributed by atoms with Crippen molar-refractivity contribution in [3.05, 3.63) is 30.0 Å². The third-order valence-corrected chi connectivity index (χ3v) is 3.10. The number of aliphatic hydroxyl groups excluding tert-OH is 2. The Morgan fingerprint density at radius 2 is 2.00 bits per heavy atom. The van der Waals surface area contributed by atoms with Gasteiger partial charge in [-0.2, -0.15) is 0 Å². The van der Waals surface area contributed by atoms with Crippen molar-refractivity contribution in [2.45, 2.75) is 13.0 Å². The van der Waals surface area contributed by atoms with E-state index in [2.05, 4.69) is 30.2 Å². The Morgan fingerprint density at radius 3 is 2.82 bits per heavy atom. The summed E-state index contributed by atoms with van der Waals surface area (Å²) in [5.41, 5.74) is 2.87. The van der Waals surface area contributed by atoms with Crippen molar-refractivity contribution in [1.82, 2.24) is 20.3 Å². The third kappa shape index (κ3) is 3.02. The van der Waals surface area contributed by atoms with Crippen molar-refractivity contribution in [3.8, 4) is 11.4 Å². The van der Waals surface area contributed by atoms with Gasteiger partial charge in [0.05, 0.1) is 12.7 Å². The summed E-state index contributed by atoms with van der Waals surface area (Å²) in [5, 5.41) is 28.8. The molecule has 0 amide bonds. The summed E-state index contributed by atoms with van der Waals surface area (Å²) in [4.78, 5) is 8.81. The van der Waals surface area contributed by atoms with Crippen LogP contribution in [0.1, 0.15) is 5.69 Å². The number of nitrogens with one attached hydrogen (secondary N) is 1. The third-order valence-electron chi connectivity index (χ3n) is 3.10. The quantitative estimate of drug-likeness (QED) is 0.632. The SMILES string of the molecule is Cc1cc(NCC(O)CO)nc(-c2ccc3nonc3c2)n1. The fraction of sp³-hybridized carbons (Fsp3) is 0.286. The lowest BCUT2D eigenvalue weighted by Crippen LogP contribution is -2.23. The molecule has 3 rings (SSSR count). The predicted molar refractivity (Wildman–Crippen MR) is 79.1 cm³/mol. The van der Waals surface area contributed by atoms with Crippen LogP contribution >= 0.6 is 0 Å². The Hall–Kier alpha value is -2.58. The van der Waals surface area contributed by atoms with E-state index >= 15 is 0 Å². The minimum absolute atomic E-state index is 0.207. The zero-order valence-electron chi connectivity index (χ0n) is 11.9. The van der Waals surface area contributed by atoms with Crippen molar-refractivity contribution in [2.75, 3.05) is 18.5 Å². The highest BCUT2D eigenvalue weighted by Crippen LogP contribution is 2.21. The molecule has 0 aliphatic heterocycles. The normalized spacial score (nSPS) is 12.5. The summed E-state index contributed by atoms with van der Waals surface area (Å²) in [6.45, 7) is 1.76. The zero-order valence-corrected chi connectivity index (χ0v) is 11.9. The molecular weight excluding hydrogens is 286 g/mol. The molecule has 1 aromatic carbocycles. The Balaban J connectivity index is 1.90. The molecule has 0 fully saturated rings. The maximum absolute atomic E-state index is 9.39. The molecule has 3 N–H and O–H groups in total. The summed E-state index contributed by atoms with van der Waals surface area (Å²) in [5.74, 6) is 1.11. The van der Waals surface area contributed by atoms with Crippen molar-refractivity contribution < 1.29 is 14.8 Å². The van der Waals surface area contributed by atoms with E-state index in [0.717, 1.165) is 11.3 Å². The molecule has 0 saturated heterocycles. The molecule has 114 valence electrons. The van der Waals surface area contributed by atoms with Crippen LogP contribution in [0.3, 0.4) is 0 Å². The van der Waals surface area contributed by atoms with Gasteiger partial charge in [-0.1, -0.05) is 0 Å². The van der Waals surface area contributed by atoms with E-state index in [1.807, 2.05) is 13.0 Å². The van der Waals surface area contributed by atoms with Gasteiger partial charge in [-0.05, 0) is 35.4 Å². The van der Waals surface area contributed by atoms with Crippen molar-refractivity contribution in [2.24, 2.45) is 0 Å². The maximum Gasteiger partial charge on any atom is 0.161 e. The van der Waals surface area contributed by atoms with Gasteiger partial charge in [-0.3, -0.25) is 0 Å². The highest BCUT2D eigenvalue weighted by Gasteiger charge is 2.09. The fourth-order valence-electron chi connectivity index (χ4n) is 2.00. The number of hydrogen-bond acceptors (Lipinski definition) is 8. The number of nitrogens with zero attached hydrogens (tertiary/aromatic N) is 4. The smallest absolute Gasteiger partial charge is 0.161 e. The summed E-state index contributed by atoms with van der Waals surface area (Å²) < 4.78 is 4.68. The average molecular weight is 301 g/mol.